The van der Waals surface area contributed by atoms with Gasteiger partial charge in [0.25, 0.3) is 0 Å². The zero-order valence-corrected chi connectivity index (χ0v) is 16.8. The van der Waals surface area contributed by atoms with Crippen molar-refractivity contribution in [2.45, 2.75) is 20.8 Å². The third-order valence-corrected chi connectivity index (χ3v) is 5.67. The second-order valence-electron chi connectivity index (χ2n) is 7.43. The Labute approximate surface area is 168 Å². The molecule has 0 fully saturated rings. The number of benzene rings is 3. The number of hydrogen-bond acceptors (Lipinski definition) is 2. The Bertz CT molecular complexity index is 1400. The van der Waals surface area contributed by atoms with Gasteiger partial charge in [-0.1, -0.05) is 53.1 Å². The van der Waals surface area contributed by atoms with Gasteiger partial charge in [-0.05, 0) is 51.1 Å². The minimum absolute atomic E-state index is 0.738. The number of nitrogens with zero attached hydrogens (tertiary/aromatic N) is 2. The molecule has 0 saturated carbocycles. The van der Waals surface area contributed by atoms with Gasteiger partial charge < -0.3 is 0 Å². The number of hydrogen-bond donors (Lipinski definition) is 0. The average Bonchev–Trinajstić information content (AvgIpc) is 2.68. The molecule has 0 aliphatic carbocycles. The van der Waals surface area contributed by atoms with Gasteiger partial charge in [-0.2, -0.15) is 0 Å². The van der Waals surface area contributed by atoms with E-state index in [0.29, 0.717) is 0 Å². The number of aryl methyl sites for hydroxylation is 3. The van der Waals surface area contributed by atoms with Crippen LogP contribution in [0.4, 0.5) is 0 Å². The monoisotopic (exact) mass is 382 g/mol. The first-order valence-corrected chi connectivity index (χ1v) is 9.76. The molecule has 136 valence electrons. The molecule has 5 aromatic rings. The first-order chi connectivity index (χ1) is 13.5. The molecule has 2 nitrogen and oxygen atoms in total. The van der Waals surface area contributed by atoms with Gasteiger partial charge in [-0.3, -0.25) is 4.98 Å². The van der Waals surface area contributed by atoms with Crippen LogP contribution in [0, 0.1) is 20.8 Å². The van der Waals surface area contributed by atoms with Gasteiger partial charge in [0.2, 0.25) is 0 Å². The maximum Gasteiger partial charge on any atom is 0.0828 e. The molecule has 28 heavy (non-hydrogen) atoms. The predicted molar refractivity (Wildman–Crippen MR) is 119 cm³/mol. The largest absolute Gasteiger partial charge is 0.252 e. The molecule has 0 aliphatic heterocycles. The van der Waals surface area contributed by atoms with E-state index < -0.39 is 0 Å². The summed E-state index contributed by atoms with van der Waals surface area (Å²) < 4.78 is 0. The highest BCUT2D eigenvalue weighted by atomic mass is 35.5. The van der Waals surface area contributed by atoms with Crippen molar-refractivity contribution in [2.75, 3.05) is 0 Å². The van der Waals surface area contributed by atoms with Gasteiger partial charge in [-0.25, -0.2) is 4.98 Å². The van der Waals surface area contributed by atoms with Crippen LogP contribution in [0.2, 0.25) is 5.02 Å². The minimum Gasteiger partial charge on any atom is -0.252 e. The van der Waals surface area contributed by atoms with Crippen LogP contribution in [-0.2, 0) is 0 Å². The van der Waals surface area contributed by atoms with Crippen LogP contribution >= 0.6 is 11.6 Å². The highest BCUT2D eigenvalue weighted by molar-refractivity contribution is 6.34. The summed E-state index contributed by atoms with van der Waals surface area (Å²) in [5, 5.41) is 4.00. The zero-order chi connectivity index (χ0) is 19.4. The minimum atomic E-state index is 0.738. The molecule has 3 heteroatoms. The van der Waals surface area contributed by atoms with Crippen LogP contribution in [0.1, 0.15) is 16.8 Å². The fourth-order valence-electron chi connectivity index (χ4n) is 4.04. The first kappa shape index (κ1) is 17.2. The Morgan fingerprint density at radius 3 is 2.07 bits per heavy atom. The van der Waals surface area contributed by atoms with Crippen molar-refractivity contribution in [3.63, 3.8) is 0 Å². The summed E-state index contributed by atoms with van der Waals surface area (Å²) in [4.78, 5) is 9.99. The quantitative estimate of drug-likeness (QED) is 0.226. The third kappa shape index (κ3) is 2.56. The molecule has 0 spiro atoms. The second-order valence-corrected chi connectivity index (χ2v) is 7.84. The molecule has 0 amide bonds. The van der Waals surface area contributed by atoms with Crippen molar-refractivity contribution < 1.29 is 0 Å². The lowest BCUT2D eigenvalue weighted by molar-refractivity contribution is 1.28. The highest BCUT2D eigenvalue weighted by Gasteiger charge is 2.18. The van der Waals surface area contributed by atoms with Crippen LogP contribution in [0.15, 0.2) is 60.7 Å². The van der Waals surface area contributed by atoms with Crippen molar-refractivity contribution in [1.29, 1.82) is 0 Å². The van der Waals surface area contributed by atoms with Gasteiger partial charge in [0.05, 0.1) is 16.6 Å². The van der Waals surface area contributed by atoms with Gasteiger partial charge in [0, 0.05) is 38.0 Å². The number of pyridine rings is 2. The summed E-state index contributed by atoms with van der Waals surface area (Å²) in [7, 11) is 0. The van der Waals surface area contributed by atoms with Crippen molar-refractivity contribution in [3.8, 4) is 11.1 Å². The van der Waals surface area contributed by atoms with E-state index in [4.69, 9.17) is 21.6 Å². The lowest BCUT2D eigenvalue weighted by Gasteiger charge is -2.16. The van der Waals surface area contributed by atoms with Crippen LogP contribution in [0.5, 0.6) is 0 Å². The van der Waals surface area contributed by atoms with Crippen molar-refractivity contribution in [2.24, 2.45) is 0 Å². The normalized spacial score (nSPS) is 11.6. The number of rotatable bonds is 1. The summed E-state index contributed by atoms with van der Waals surface area (Å²) in [5.41, 5.74) is 8.43. The van der Waals surface area contributed by atoms with E-state index in [9.17, 15) is 0 Å². The smallest absolute Gasteiger partial charge is 0.0828 e. The summed E-state index contributed by atoms with van der Waals surface area (Å²) in [5.74, 6) is 0. The van der Waals surface area contributed by atoms with E-state index in [1.807, 2.05) is 18.2 Å². The standard InChI is InChI=1S/C25H19ClN2/c1-14-8-10-21-18(12-14)24(17-6-4-5-7-20(17)26)23-16(3)27-22-11-9-15(2)13-19(22)25(23)28-21/h4-13H,1-3H3. The molecule has 0 N–H and O–H groups in total. The van der Waals surface area contributed by atoms with Crippen molar-refractivity contribution in [3.05, 3.63) is 82.5 Å². The van der Waals surface area contributed by atoms with Crippen LogP contribution in [0.25, 0.3) is 43.8 Å². The van der Waals surface area contributed by atoms with Crippen LogP contribution in [-0.4, -0.2) is 9.97 Å². The molecular weight excluding hydrogens is 364 g/mol. The molecule has 0 atom stereocenters. The summed E-state index contributed by atoms with van der Waals surface area (Å²) in [6.45, 7) is 6.27. The molecule has 0 saturated heterocycles. The molecule has 0 aliphatic rings. The van der Waals surface area contributed by atoms with E-state index in [-0.39, 0.29) is 0 Å². The van der Waals surface area contributed by atoms with E-state index in [1.165, 1.54) is 11.1 Å². The Morgan fingerprint density at radius 1 is 0.714 bits per heavy atom. The van der Waals surface area contributed by atoms with Gasteiger partial charge in [-0.15, -0.1) is 0 Å². The van der Waals surface area contributed by atoms with Crippen LogP contribution in [0.3, 0.4) is 0 Å². The van der Waals surface area contributed by atoms with Gasteiger partial charge in [0.1, 0.15) is 0 Å². The van der Waals surface area contributed by atoms with Gasteiger partial charge in [0.15, 0.2) is 0 Å². The number of halogens is 1. The van der Waals surface area contributed by atoms with Crippen molar-refractivity contribution in [1.82, 2.24) is 9.97 Å². The number of aromatic nitrogens is 2. The molecular formula is C25H19ClN2. The summed E-state index contributed by atoms with van der Waals surface area (Å²) >= 11 is 6.65. The SMILES string of the molecule is Cc1ccc2nc3c(c(C)nc4ccc(C)cc43)c(-c3ccccc3Cl)c2c1. The molecule has 5 rings (SSSR count). The van der Waals surface area contributed by atoms with Crippen molar-refractivity contribution >= 4 is 44.3 Å². The zero-order valence-electron chi connectivity index (χ0n) is 16.0. The molecule has 0 radical (unpaired) electrons. The Balaban J connectivity index is 2.10. The topological polar surface area (TPSA) is 25.8 Å². The van der Waals surface area contributed by atoms with Crippen LogP contribution < -0.4 is 0 Å². The van der Waals surface area contributed by atoms with E-state index in [0.717, 1.165) is 54.6 Å². The maximum absolute atomic E-state index is 6.65. The van der Waals surface area contributed by atoms with E-state index >= 15 is 0 Å². The molecule has 3 aromatic carbocycles. The molecule has 0 bridgehead atoms. The molecule has 2 heterocycles. The predicted octanol–water partition coefficient (Wildman–Crippen LogP) is 7.18. The molecule has 2 aromatic heterocycles. The summed E-state index contributed by atoms with van der Waals surface area (Å²) in [6, 6.07) is 20.8. The summed E-state index contributed by atoms with van der Waals surface area (Å²) in [6.07, 6.45) is 0. The molecule has 0 unspecified atom stereocenters. The maximum atomic E-state index is 6.65. The van der Waals surface area contributed by atoms with E-state index in [2.05, 4.69) is 63.2 Å². The fourth-order valence-corrected chi connectivity index (χ4v) is 4.27. The second kappa shape index (κ2) is 6.29. The third-order valence-electron chi connectivity index (χ3n) is 5.34. The fraction of sp³-hybridized carbons (Fsp3) is 0.120. The average molecular weight is 383 g/mol. The Kier molecular flexibility index (Phi) is 3.85. The Morgan fingerprint density at radius 2 is 1.36 bits per heavy atom. The Hall–Kier alpha value is -2.97. The van der Waals surface area contributed by atoms with E-state index in [1.54, 1.807) is 0 Å². The lowest BCUT2D eigenvalue weighted by atomic mass is 9.93. The number of fused-ring (bicyclic) bond motifs is 4. The highest BCUT2D eigenvalue weighted by Crippen LogP contribution is 2.41. The van der Waals surface area contributed by atoms with Gasteiger partial charge >= 0.3 is 0 Å². The first-order valence-electron chi connectivity index (χ1n) is 9.39. The lowest BCUT2D eigenvalue weighted by Crippen LogP contribution is -1.96.